The standard InChI is InChI=1S/C15H15BrClNS/c16-12-4-3-11(15(17)8-12)9-18(13-5-6-13)10-14-2-1-7-19-14/h1-4,7-8,13H,5-6,9-10H2. The molecule has 0 aliphatic heterocycles. The summed E-state index contributed by atoms with van der Waals surface area (Å²) in [6.07, 6.45) is 2.64. The molecule has 1 aromatic carbocycles. The van der Waals surface area contributed by atoms with Gasteiger partial charge >= 0.3 is 0 Å². The molecule has 3 rings (SSSR count). The zero-order chi connectivity index (χ0) is 13.2. The van der Waals surface area contributed by atoms with Crippen LogP contribution in [0, 0.1) is 0 Å². The van der Waals surface area contributed by atoms with Gasteiger partial charge < -0.3 is 0 Å². The van der Waals surface area contributed by atoms with E-state index < -0.39 is 0 Å². The van der Waals surface area contributed by atoms with Gasteiger partial charge in [-0.2, -0.15) is 0 Å². The van der Waals surface area contributed by atoms with Crippen LogP contribution in [-0.4, -0.2) is 10.9 Å². The highest BCUT2D eigenvalue weighted by atomic mass is 79.9. The number of hydrogen-bond acceptors (Lipinski definition) is 2. The molecule has 1 aliphatic rings. The van der Waals surface area contributed by atoms with Crippen LogP contribution in [0.25, 0.3) is 0 Å². The van der Waals surface area contributed by atoms with Crippen LogP contribution < -0.4 is 0 Å². The lowest BCUT2D eigenvalue weighted by Gasteiger charge is -2.22. The lowest BCUT2D eigenvalue weighted by molar-refractivity contribution is 0.248. The van der Waals surface area contributed by atoms with Crippen molar-refractivity contribution in [2.45, 2.75) is 32.0 Å². The Labute approximate surface area is 131 Å². The summed E-state index contributed by atoms with van der Waals surface area (Å²) < 4.78 is 1.04. The van der Waals surface area contributed by atoms with Crippen molar-refractivity contribution in [1.82, 2.24) is 4.90 Å². The Kier molecular flexibility index (Phi) is 4.27. The predicted octanol–water partition coefficient (Wildman–Crippen LogP) is 5.33. The van der Waals surface area contributed by atoms with E-state index >= 15 is 0 Å². The normalized spacial score (nSPS) is 15.1. The summed E-state index contributed by atoms with van der Waals surface area (Å²) in [5, 5.41) is 3.00. The monoisotopic (exact) mass is 355 g/mol. The van der Waals surface area contributed by atoms with Crippen molar-refractivity contribution in [1.29, 1.82) is 0 Å². The zero-order valence-corrected chi connectivity index (χ0v) is 13.6. The first-order valence-corrected chi connectivity index (χ1v) is 8.48. The van der Waals surface area contributed by atoms with E-state index in [0.717, 1.165) is 28.6 Å². The lowest BCUT2D eigenvalue weighted by Crippen LogP contribution is -2.24. The summed E-state index contributed by atoms with van der Waals surface area (Å²) in [7, 11) is 0. The molecule has 0 unspecified atom stereocenters. The van der Waals surface area contributed by atoms with Gasteiger partial charge in [0.15, 0.2) is 0 Å². The fourth-order valence-corrected chi connectivity index (χ4v) is 3.69. The van der Waals surface area contributed by atoms with Gasteiger partial charge in [0.1, 0.15) is 0 Å². The van der Waals surface area contributed by atoms with E-state index in [0.29, 0.717) is 0 Å². The van der Waals surface area contributed by atoms with Crippen LogP contribution in [0.5, 0.6) is 0 Å². The van der Waals surface area contributed by atoms with E-state index in [1.54, 1.807) is 0 Å². The average Bonchev–Trinajstić information content (AvgIpc) is 3.10. The predicted molar refractivity (Wildman–Crippen MR) is 85.7 cm³/mol. The van der Waals surface area contributed by atoms with Crippen molar-refractivity contribution in [3.8, 4) is 0 Å². The van der Waals surface area contributed by atoms with Crippen molar-refractivity contribution >= 4 is 38.9 Å². The molecule has 1 aromatic heterocycles. The van der Waals surface area contributed by atoms with Gasteiger partial charge in [-0.25, -0.2) is 0 Å². The Morgan fingerprint density at radius 3 is 2.74 bits per heavy atom. The van der Waals surface area contributed by atoms with Gasteiger partial charge in [-0.3, -0.25) is 4.90 Å². The SMILES string of the molecule is Clc1cc(Br)ccc1CN(Cc1cccs1)C1CC1. The summed E-state index contributed by atoms with van der Waals surface area (Å²) in [4.78, 5) is 3.97. The molecule has 0 saturated heterocycles. The number of halogens is 2. The Bertz CT molecular complexity index is 551. The fraction of sp³-hybridized carbons (Fsp3) is 0.333. The molecule has 0 bridgehead atoms. The van der Waals surface area contributed by atoms with Gasteiger partial charge in [0, 0.05) is 33.5 Å². The van der Waals surface area contributed by atoms with Gasteiger partial charge in [0.05, 0.1) is 0 Å². The fourth-order valence-electron chi connectivity index (χ4n) is 2.23. The minimum atomic E-state index is 0.738. The van der Waals surface area contributed by atoms with Gasteiger partial charge in [-0.1, -0.05) is 39.7 Å². The van der Waals surface area contributed by atoms with E-state index in [2.05, 4.69) is 50.5 Å². The molecule has 100 valence electrons. The number of thiophene rings is 1. The Hall–Kier alpha value is -0.350. The Morgan fingerprint density at radius 2 is 2.11 bits per heavy atom. The van der Waals surface area contributed by atoms with Crippen LogP contribution in [0.3, 0.4) is 0 Å². The maximum absolute atomic E-state index is 6.33. The maximum atomic E-state index is 6.33. The van der Waals surface area contributed by atoms with Gasteiger partial charge in [0.2, 0.25) is 0 Å². The van der Waals surface area contributed by atoms with E-state index in [4.69, 9.17) is 11.6 Å². The smallest absolute Gasteiger partial charge is 0.0462 e. The second kappa shape index (κ2) is 5.96. The molecule has 0 amide bonds. The molecule has 1 fully saturated rings. The summed E-state index contributed by atoms with van der Waals surface area (Å²) in [5.74, 6) is 0. The largest absolute Gasteiger partial charge is 0.291 e. The molecule has 4 heteroatoms. The molecule has 0 N–H and O–H groups in total. The van der Waals surface area contributed by atoms with Crippen LogP contribution >= 0.6 is 38.9 Å². The lowest BCUT2D eigenvalue weighted by atomic mass is 10.2. The highest BCUT2D eigenvalue weighted by Crippen LogP contribution is 2.32. The van der Waals surface area contributed by atoms with E-state index in [9.17, 15) is 0 Å². The molecule has 19 heavy (non-hydrogen) atoms. The van der Waals surface area contributed by atoms with Gasteiger partial charge in [0.25, 0.3) is 0 Å². The Morgan fingerprint density at radius 1 is 1.26 bits per heavy atom. The third-order valence-electron chi connectivity index (χ3n) is 3.39. The van der Waals surface area contributed by atoms with Gasteiger partial charge in [-0.15, -0.1) is 11.3 Å². The van der Waals surface area contributed by atoms with Crippen molar-refractivity contribution in [2.24, 2.45) is 0 Å². The summed E-state index contributed by atoms with van der Waals surface area (Å²) in [5.41, 5.74) is 1.22. The van der Waals surface area contributed by atoms with Crippen molar-refractivity contribution in [2.75, 3.05) is 0 Å². The molecule has 1 heterocycles. The highest BCUT2D eigenvalue weighted by Gasteiger charge is 2.29. The zero-order valence-electron chi connectivity index (χ0n) is 10.5. The molecular weight excluding hydrogens is 342 g/mol. The average molecular weight is 357 g/mol. The number of rotatable bonds is 5. The summed E-state index contributed by atoms with van der Waals surface area (Å²) >= 11 is 11.6. The van der Waals surface area contributed by atoms with E-state index in [1.807, 2.05) is 17.4 Å². The highest BCUT2D eigenvalue weighted by molar-refractivity contribution is 9.10. The van der Waals surface area contributed by atoms with Crippen molar-refractivity contribution < 1.29 is 0 Å². The summed E-state index contributed by atoms with van der Waals surface area (Å²) in [6.45, 7) is 1.98. The minimum absolute atomic E-state index is 0.738. The maximum Gasteiger partial charge on any atom is 0.0462 e. The van der Waals surface area contributed by atoms with Crippen LogP contribution in [0.1, 0.15) is 23.3 Å². The molecular formula is C15H15BrClNS. The van der Waals surface area contributed by atoms with Crippen molar-refractivity contribution in [3.63, 3.8) is 0 Å². The topological polar surface area (TPSA) is 3.24 Å². The minimum Gasteiger partial charge on any atom is -0.291 e. The third-order valence-corrected chi connectivity index (χ3v) is 5.10. The van der Waals surface area contributed by atoms with Crippen LogP contribution in [0.15, 0.2) is 40.2 Å². The first-order chi connectivity index (χ1) is 9.22. The number of benzene rings is 1. The van der Waals surface area contributed by atoms with Crippen LogP contribution in [0.2, 0.25) is 5.02 Å². The number of nitrogens with zero attached hydrogens (tertiary/aromatic N) is 1. The third kappa shape index (κ3) is 3.60. The molecule has 1 nitrogen and oxygen atoms in total. The van der Waals surface area contributed by atoms with Crippen LogP contribution in [-0.2, 0) is 13.1 Å². The first kappa shape index (κ1) is 13.6. The van der Waals surface area contributed by atoms with E-state index in [-0.39, 0.29) is 0 Å². The quantitative estimate of drug-likeness (QED) is 0.700. The molecule has 2 aromatic rings. The number of hydrogen-bond donors (Lipinski definition) is 0. The second-order valence-corrected chi connectivity index (χ2v) is 7.31. The van der Waals surface area contributed by atoms with Crippen LogP contribution in [0.4, 0.5) is 0 Å². The Balaban J connectivity index is 1.74. The molecule has 1 saturated carbocycles. The van der Waals surface area contributed by atoms with E-state index in [1.165, 1.54) is 23.3 Å². The summed E-state index contributed by atoms with van der Waals surface area (Å²) in [6, 6.07) is 11.2. The molecule has 0 radical (unpaired) electrons. The second-order valence-electron chi connectivity index (χ2n) is 4.95. The van der Waals surface area contributed by atoms with Gasteiger partial charge in [-0.05, 0) is 42.0 Å². The molecule has 1 aliphatic carbocycles. The molecule has 0 atom stereocenters. The first-order valence-electron chi connectivity index (χ1n) is 6.43. The molecule has 0 spiro atoms. The van der Waals surface area contributed by atoms with Crippen molar-refractivity contribution in [3.05, 3.63) is 55.6 Å².